The van der Waals surface area contributed by atoms with E-state index in [1.165, 1.54) is 29.5 Å². The molecule has 3 N–H and O–H groups in total. The molecule has 0 radical (unpaired) electrons. The predicted octanol–water partition coefficient (Wildman–Crippen LogP) is 5.65. The zero-order valence-corrected chi connectivity index (χ0v) is 17.8. The minimum atomic E-state index is -0.471. The second-order valence-electron chi connectivity index (χ2n) is 7.68. The highest BCUT2D eigenvalue weighted by Gasteiger charge is 2.15. The molecule has 31 heavy (non-hydrogen) atoms. The van der Waals surface area contributed by atoms with Crippen molar-refractivity contribution < 1.29 is 24.5 Å². The standard InChI is InChI=1S/C25H26O6/c1-15(2)5-4-6-16(3)9-10-30-22-8-7-17(11-20(22)27)19-14-31-23-13-18(26)12-21(28)24(23)25(19)29/h5,7-9,11-14,26-28H,4,6,10H2,1-3H3/b16-9+. The van der Waals surface area contributed by atoms with Crippen molar-refractivity contribution in [1.82, 2.24) is 0 Å². The van der Waals surface area contributed by atoms with E-state index in [-0.39, 0.29) is 33.8 Å². The van der Waals surface area contributed by atoms with Crippen LogP contribution in [0, 0.1) is 0 Å². The van der Waals surface area contributed by atoms with E-state index in [1.807, 2.05) is 13.0 Å². The quantitative estimate of drug-likeness (QED) is 0.426. The Morgan fingerprint density at radius 2 is 1.81 bits per heavy atom. The third-order valence-corrected chi connectivity index (χ3v) is 4.87. The molecule has 0 unspecified atom stereocenters. The molecule has 0 saturated heterocycles. The topological polar surface area (TPSA) is 100 Å². The number of phenolic OH excluding ortho intramolecular Hbond substituents is 3. The van der Waals surface area contributed by atoms with Crippen LogP contribution >= 0.6 is 0 Å². The van der Waals surface area contributed by atoms with Crippen LogP contribution in [-0.2, 0) is 0 Å². The van der Waals surface area contributed by atoms with Crippen molar-refractivity contribution in [3.8, 4) is 34.1 Å². The maximum absolute atomic E-state index is 12.8. The van der Waals surface area contributed by atoms with Gasteiger partial charge in [-0.05, 0) is 57.4 Å². The number of allylic oxidation sites excluding steroid dienone is 3. The lowest BCUT2D eigenvalue weighted by atomic mass is 10.0. The highest BCUT2D eigenvalue weighted by Crippen LogP contribution is 2.33. The summed E-state index contributed by atoms with van der Waals surface area (Å²) in [4.78, 5) is 12.8. The molecule has 0 fully saturated rings. The van der Waals surface area contributed by atoms with E-state index in [1.54, 1.807) is 12.1 Å². The fraction of sp³-hybridized carbons (Fsp3) is 0.240. The lowest BCUT2D eigenvalue weighted by Gasteiger charge is -2.09. The number of ether oxygens (including phenoxy) is 1. The smallest absolute Gasteiger partial charge is 0.204 e. The van der Waals surface area contributed by atoms with Crippen LogP contribution in [-0.4, -0.2) is 21.9 Å². The van der Waals surface area contributed by atoms with Crippen molar-refractivity contribution in [2.75, 3.05) is 6.61 Å². The van der Waals surface area contributed by atoms with Crippen molar-refractivity contribution in [2.45, 2.75) is 33.6 Å². The Balaban J connectivity index is 1.78. The molecular formula is C25H26O6. The van der Waals surface area contributed by atoms with E-state index < -0.39 is 5.43 Å². The Morgan fingerprint density at radius 3 is 2.52 bits per heavy atom. The van der Waals surface area contributed by atoms with Crippen LogP contribution in [0.5, 0.6) is 23.0 Å². The molecular weight excluding hydrogens is 396 g/mol. The zero-order chi connectivity index (χ0) is 22.5. The first kappa shape index (κ1) is 22.0. The summed E-state index contributed by atoms with van der Waals surface area (Å²) < 4.78 is 11.1. The van der Waals surface area contributed by atoms with Crippen molar-refractivity contribution in [3.05, 3.63) is 70.1 Å². The van der Waals surface area contributed by atoms with Gasteiger partial charge in [0.25, 0.3) is 0 Å². The third kappa shape index (κ3) is 5.28. The minimum Gasteiger partial charge on any atom is -0.508 e. The molecule has 3 rings (SSSR count). The molecule has 0 aliphatic rings. The molecule has 0 bridgehead atoms. The van der Waals surface area contributed by atoms with Gasteiger partial charge in [0.1, 0.15) is 35.3 Å². The van der Waals surface area contributed by atoms with Gasteiger partial charge in [0, 0.05) is 12.1 Å². The largest absolute Gasteiger partial charge is 0.508 e. The van der Waals surface area contributed by atoms with Gasteiger partial charge < -0.3 is 24.5 Å². The Morgan fingerprint density at radius 1 is 1.03 bits per heavy atom. The van der Waals surface area contributed by atoms with E-state index in [0.717, 1.165) is 18.9 Å². The van der Waals surface area contributed by atoms with E-state index in [0.29, 0.717) is 17.9 Å². The van der Waals surface area contributed by atoms with E-state index in [9.17, 15) is 20.1 Å². The summed E-state index contributed by atoms with van der Waals surface area (Å²) >= 11 is 0. The minimum absolute atomic E-state index is 0.0381. The molecule has 0 aliphatic carbocycles. The maximum Gasteiger partial charge on any atom is 0.204 e. The number of rotatable bonds is 7. The molecule has 1 heterocycles. The second-order valence-corrected chi connectivity index (χ2v) is 7.68. The van der Waals surface area contributed by atoms with E-state index >= 15 is 0 Å². The van der Waals surface area contributed by atoms with Gasteiger partial charge in [-0.3, -0.25) is 4.79 Å². The molecule has 0 amide bonds. The fourth-order valence-electron chi connectivity index (χ4n) is 3.19. The summed E-state index contributed by atoms with van der Waals surface area (Å²) in [5.41, 5.74) is 2.69. The highest BCUT2D eigenvalue weighted by atomic mass is 16.5. The van der Waals surface area contributed by atoms with Crippen molar-refractivity contribution in [3.63, 3.8) is 0 Å². The summed E-state index contributed by atoms with van der Waals surface area (Å²) in [5, 5.41) is 29.9. The summed E-state index contributed by atoms with van der Waals surface area (Å²) in [6, 6.07) is 6.96. The molecule has 0 atom stereocenters. The number of hydrogen-bond donors (Lipinski definition) is 3. The fourth-order valence-corrected chi connectivity index (χ4v) is 3.19. The first-order chi connectivity index (χ1) is 14.8. The van der Waals surface area contributed by atoms with Crippen LogP contribution in [0.15, 0.2) is 69.1 Å². The van der Waals surface area contributed by atoms with Gasteiger partial charge in [-0.25, -0.2) is 0 Å². The summed E-state index contributed by atoms with van der Waals surface area (Å²) in [5.74, 6) is -0.389. The number of hydrogen-bond acceptors (Lipinski definition) is 6. The first-order valence-electron chi connectivity index (χ1n) is 9.99. The first-order valence-corrected chi connectivity index (χ1v) is 9.99. The van der Waals surface area contributed by atoms with Crippen LogP contribution in [0.3, 0.4) is 0 Å². The van der Waals surface area contributed by atoms with Crippen molar-refractivity contribution >= 4 is 11.0 Å². The number of aromatic hydroxyl groups is 3. The van der Waals surface area contributed by atoms with E-state index in [2.05, 4.69) is 19.9 Å². The molecule has 6 nitrogen and oxygen atoms in total. The maximum atomic E-state index is 12.8. The average Bonchev–Trinajstić information content (AvgIpc) is 2.68. The van der Waals surface area contributed by atoms with Gasteiger partial charge >= 0.3 is 0 Å². The van der Waals surface area contributed by atoms with Crippen LogP contribution in [0.1, 0.15) is 33.6 Å². The molecule has 0 spiro atoms. The van der Waals surface area contributed by atoms with Gasteiger partial charge in [-0.15, -0.1) is 0 Å². The Labute approximate surface area is 180 Å². The highest BCUT2D eigenvalue weighted by molar-refractivity contribution is 5.88. The van der Waals surface area contributed by atoms with Crippen LogP contribution < -0.4 is 10.2 Å². The lowest BCUT2D eigenvalue weighted by Crippen LogP contribution is -2.05. The van der Waals surface area contributed by atoms with Gasteiger partial charge in [0.05, 0.1) is 5.56 Å². The van der Waals surface area contributed by atoms with E-state index in [4.69, 9.17) is 9.15 Å². The predicted molar refractivity (Wildman–Crippen MR) is 121 cm³/mol. The summed E-state index contributed by atoms with van der Waals surface area (Å²) in [6.07, 6.45) is 7.32. The molecule has 2 aromatic carbocycles. The molecule has 3 aromatic rings. The van der Waals surface area contributed by atoms with Crippen molar-refractivity contribution in [1.29, 1.82) is 0 Å². The van der Waals surface area contributed by atoms with Crippen molar-refractivity contribution in [2.24, 2.45) is 0 Å². The lowest BCUT2D eigenvalue weighted by molar-refractivity contribution is 0.335. The van der Waals surface area contributed by atoms with Crippen LogP contribution in [0.4, 0.5) is 0 Å². The number of phenols is 3. The molecule has 6 heteroatoms. The van der Waals surface area contributed by atoms with Gasteiger partial charge in [-0.2, -0.15) is 0 Å². The number of fused-ring (bicyclic) bond motifs is 1. The van der Waals surface area contributed by atoms with Crippen LogP contribution in [0.25, 0.3) is 22.1 Å². The summed E-state index contributed by atoms with van der Waals surface area (Å²) in [6.45, 7) is 6.51. The molecule has 0 saturated carbocycles. The van der Waals surface area contributed by atoms with Gasteiger partial charge in [0.15, 0.2) is 11.5 Å². The number of benzene rings is 2. The van der Waals surface area contributed by atoms with Crippen LogP contribution in [0.2, 0.25) is 0 Å². The normalized spacial score (nSPS) is 11.5. The third-order valence-electron chi connectivity index (χ3n) is 4.87. The summed E-state index contributed by atoms with van der Waals surface area (Å²) in [7, 11) is 0. The Bertz CT molecular complexity index is 1210. The SMILES string of the molecule is CC(C)=CCC/C(C)=C/COc1ccc(-c2coc3cc(O)cc(O)c3c2=O)cc1O. The Hall–Kier alpha value is -3.67. The molecule has 0 aliphatic heterocycles. The molecule has 1 aromatic heterocycles. The second kappa shape index (κ2) is 9.43. The van der Waals surface area contributed by atoms with Gasteiger partial charge in [0.2, 0.25) is 5.43 Å². The average molecular weight is 422 g/mol. The van der Waals surface area contributed by atoms with Gasteiger partial charge in [-0.1, -0.05) is 23.3 Å². The molecule has 162 valence electrons. The monoisotopic (exact) mass is 422 g/mol. The zero-order valence-electron chi connectivity index (χ0n) is 17.8. The Kier molecular flexibility index (Phi) is 6.70.